The van der Waals surface area contributed by atoms with E-state index in [1.54, 1.807) is 39.2 Å². The minimum Gasteiger partial charge on any atom is -0.462 e. The number of halogens is 1. The first-order valence-electron chi connectivity index (χ1n) is 9.27. The third-order valence-electron chi connectivity index (χ3n) is 4.90. The van der Waals surface area contributed by atoms with Gasteiger partial charge in [-0.2, -0.15) is 0 Å². The van der Waals surface area contributed by atoms with Crippen LogP contribution in [0.15, 0.2) is 45.3 Å². The van der Waals surface area contributed by atoms with Gasteiger partial charge < -0.3 is 14.4 Å². The number of nitrogens with zero attached hydrogens (tertiary/aromatic N) is 1. The Hall–Kier alpha value is -2.62. The molecule has 1 aliphatic rings. The Kier molecular flexibility index (Phi) is 5.83. The summed E-state index contributed by atoms with van der Waals surface area (Å²) >= 11 is 3.40. The lowest BCUT2D eigenvalue weighted by Gasteiger charge is -2.17. The fourth-order valence-corrected chi connectivity index (χ4v) is 3.84. The van der Waals surface area contributed by atoms with Crippen molar-refractivity contribution in [3.63, 3.8) is 0 Å². The van der Waals surface area contributed by atoms with E-state index in [2.05, 4.69) is 27.8 Å². The van der Waals surface area contributed by atoms with Crippen molar-refractivity contribution in [3.8, 4) is 11.8 Å². The maximum Gasteiger partial charge on any atom is 0.338 e. The lowest BCUT2D eigenvalue weighted by molar-refractivity contribution is -0.136. The fourth-order valence-electron chi connectivity index (χ4n) is 3.44. The van der Waals surface area contributed by atoms with E-state index in [0.717, 1.165) is 10.0 Å². The van der Waals surface area contributed by atoms with E-state index < -0.39 is 11.6 Å². The third-order valence-corrected chi connectivity index (χ3v) is 5.39. The van der Waals surface area contributed by atoms with E-state index in [4.69, 9.17) is 4.74 Å². The first-order valence-corrected chi connectivity index (χ1v) is 10.1. The normalized spacial score (nSPS) is 14.7. The van der Waals surface area contributed by atoms with Crippen molar-refractivity contribution < 1.29 is 14.6 Å². The van der Waals surface area contributed by atoms with Gasteiger partial charge in [-0.25, -0.2) is 4.79 Å². The summed E-state index contributed by atoms with van der Waals surface area (Å²) in [5, 5.41) is 10.9. The number of hydrogen-bond donors (Lipinski definition) is 1. The van der Waals surface area contributed by atoms with E-state index >= 15 is 0 Å². The Bertz CT molecular complexity index is 1150. The first kappa shape index (κ1) is 21.1. The lowest BCUT2D eigenvalue weighted by atomic mass is 9.95. The minimum atomic E-state index is -1.41. The number of allylic oxidation sites excluding steroid dienone is 1. The number of carbonyl (C=O) groups is 1. The van der Waals surface area contributed by atoms with Crippen molar-refractivity contribution in [2.75, 3.05) is 6.61 Å². The zero-order valence-electron chi connectivity index (χ0n) is 16.8. The molecule has 0 saturated heterocycles. The van der Waals surface area contributed by atoms with E-state index in [9.17, 15) is 14.7 Å². The summed E-state index contributed by atoms with van der Waals surface area (Å²) in [4.78, 5) is 25.2. The zero-order valence-corrected chi connectivity index (χ0v) is 18.4. The molecule has 0 spiro atoms. The van der Waals surface area contributed by atoms with Crippen molar-refractivity contribution in [1.29, 1.82) is 0 Å². The highest BCUT2D eigenvalue weighted by atomic mass is 79.9. The molecule has 1 aromatic carbocycles. The number of aromatic nitrogens is 1. The molecule has 0 saturated carbocycles. The number of aryl methyl sites for hydroxylation is 1. The number of carbonyl (C=O) groups excluding carboxylic acids is 1. The van der Waals surface area contributed by atoms with Gasteiger partial charge in [-0.05, 0) is 38.5 Å². The second-order valence-electron chi connectivity index (χ2n) is 7.20. The van der Waals surface area contributed by atoms with Crippen LogP contribution in [0, 0.1) is 11.8 Å². The molecule has 150 valence electrons. The number of esters is 1. The molecule has 6 heteroatoms. The smallest absolute Gasteiger partial charge is 0.338 e. The molecule has 0 bridgehead atoms. The van der Waals surface area contributed by atoms with Gasteiger partial charge >= 0.3 is 5.97 Å². The highest BCUT2D eigenvalue weighted by molar-refractivity contribution is 9.10. The molecule has 1 aliphatic carbocycles. The number of fused-ring (bicyclic) bond motifs is 1. The number of rotatable bonds is 3. The van der Waals surface area contributed by atoms with Crippen molar-refractivity contribution in [2.24, 2.45) is 7.05 Å². The van der Waals surface area contributed by atoms with E-state index in [-0.39, 0.29) is 12.2 Å². The zero-order chi connectivity index (χ0) is 21.3. The lowest BCUT2D eigenvalue weighted by Crippen LogP contribution is -2.23. The van der Waals surface area contributed by atoms with Crippen LogP contribution in [-0.4, -0.2) is 22.2 Å². The average molecular weight is 456 g/mol. The van der Waals surface area contributed by atoms with Crippen LogP contribution in [0.25, 0.3) is 5.57 Å². The molecule has 2 aromatic rings. The molecular formula is C23H22BrNO4. The first-order chi connectivity index (χ1) is 13.7. The van der Waals surface area contributed by atoms with Crippen molar-refractivity contribution in [3.05, 3.63) is 73.1 Å². The molecule has 0 fully saturated rings. The molecule has 1 unspecified atom stereocenters. The molecule has 1 atom stereocenters. The highest BCUT2D eigenvalue weighted by Crippen LogP contribution is 2.34. The largest absolute Gasteiger partial charge is 0.462 e. The summed E-state index contributed by atoms with van der Waals surface area (Å²) in [6.45, 7) is 5.41. The Morgan fingerprint density at radius 2 is 2.14 bits per heavy atom. The molecule has 0 amide bonds. The van der Waals surface area contributed by atoms with E-state index in [1.807, 2.05) is 19.1 Å². The number of aliphatic hydroxyl groups is 1. The number of pyridine rings is 1. The van der Waals surface area contributed by atoms with Crippen LogP contribution in [0.4, 0.5) is 0 Å². The van der Waals surface area contributed by atoms with Crippen LogP contribution in [0.3, 0.4) is 0 Å². The molecule has 5 nitrogen and oxygen atoms in total. The second kappa shape index (κ2) is 8.02. The molecule has 29 heavy (non-hydrogen) atoms. The molecule has 1 N–H and O–H groups in total. The number of ether oxygens (including phenoxy) is 1. The minimum absolute atomic E-state index is 0.164. The Balaban J connectivity index is 2.15. The second-order valence-corrected chi connectivity index (χ2v) is 8.11. The third kappa shape index (κ3) is 4.07. The SMILES string of the molecule is CCOC(=O)C1=C(C)Cc2c1c(C#CC(C)(O)c1cccc(Br)c1)cn(C)c2=O. The Labute approximate surface area is 178 Å². The monoisotopic (exact) mass is 455 g/mol. The van der Waals surface area contributed by atoms with Gasteiger partial charge in [-0.15, -0.1) is 0 Å². The molecular weight excluding hydrogens is 434 g/mol. The quantitative estimate of drug-likeness (QED) is 0.569. The molecule has 0 radical (unpaired) electrons. The maximum absolute atomic E-state index is 12.6. The van der Waals surface area contributed by atoms with Crippen LogP contribution >= 0.6 is 15.9 Å². The van der Waals surface area contributed by atoms with Crippen LogP contribution in [0.5, 0.6) is 0 Å². The van der Waals surface area contributed by atoms with Crippen LogP contribution in [0.1, 0.15) is 43.0 Å². The maximum atomic E-state index is 12.6. The van der Waals surface area contributed by atoms with Crippen LogP contribution in [0.2, 0.25) is 0 Å². The molecule has 0 aliphatic heterocycles. The predicted molar refractivity (Wildman–Crippen MR) is 115 cm³/mol. The van der Waals surface area contributed by atoms with Gasteiger partial charge in [0.15, 0.2) is 0 Å². The molecule has 3 rings (SSSR count). The van der Waals surface area contributed by atoms with Crippen LogP contribution < -0.4 is 5.56 Å². The predicted octanol–water partition coefficient (Wildman–Crippen LogP) is 3.30. The van der Waals surface area contributed by atoms with E-state index in [1.165, 1.54) is 4.57 Å². The summed E-state index contributed by atoms with van der Waals surface area (Å²) in [7, 11) is 1.65. The van der Waals surface area contributed by atoms with Gasteiger partial charge in [-0.3, -0.25) is 4.79 Å². The summed E-state index contributed by atoms with van der Waals surface area (Å²) in [6, 6.07) is 7.28. The molecule has 1 heterocycles. The molecule has 1 aromatic heterocycles. The summed E-state index contributed by atoms with van der Waals surface area (Å²) in [6.07, 6.45) is 1.98. The number of hydrogen-bond acceptors (Lipinski definition) is 4. The van der Waals surface area contributed by atoms with Gasteiger partial charge in [0.2, 0.25) is 0 Å². The Morgan fingerprint density at radius 3 is 2.79 bits per heavy atom. The summed E-state index contributed by atoms with van der Waals surface area (Å²) < 4.78 is 7.49. The van der Waals surface area contributed by atoms with Gasteiger partial charge in [0.05, 0.1) is 12.2 Å². The van der Waals surface area contributed by atoms with Crippen molar-refractivity contribution >= 4 is 27.5 Å². The van der Waals surface area contributed by atoms with Crippen molar-refractivity contribution in [2.45, 2.75) is 32.8 Å². The van der Waals surface area contributed by atoms with E-state index in [0.29, 0.717) is 34.2 Å². The summed E-state index contributed by atoms with van der Waals surface area (Å²) in [5.74, 6) is 5.44. The van der Waals surface area contributed by atoms with Gasteiger partial charge in [0.25, 0.3) is 5.56 Å². The standard InChI is InChI=1S/C23H22BrNO4/c1-5-29-22(27)19-14(2)11-18-20(19)15(13-25(4)21(18)26)9-10-23(3,28)16-7-6-8-17(24)12-16/h6-8,12-13,28H,5,11H2,1-4H3. The Morgan fingerprint density at radius 1 is 1.41 bits per heavy atom. The van der Waals surface area contributed by atoms with Crippen LogP contribution in [-0.2, 0) is 28.6 Å². The van der Waals surface area contributed by atoms with Gasteiger partial charge in [0, 0.05) is 40.8 Å². The van der Waals surface area contributed by atoms with Gasteiger partial charge in [-0.1, -0.05) is 45.5 Å². The number of benzene rings is 1. The highest BCUT2D eigenvalue weighted by Gasteiger charge is 2.31. The average Bonchev–Trinajstić information content (AvgIpc) is 3.01. The topological polar surface area (TPSA) is 68.5 Å². The summed E-state index contributed by atoms with van der Waals surface area (Å²) in [5.41, 5.74) is 1.80. The fraction of sp³-hybridized carbons (Fsp3) is 0.304. The van der Waals surface area contributed by atoms with Crippen molar-refractivity contribution in [1.82, 2.24) is 4.57 Å². The van der Waals surface area contributed by atoms with Gasteiger partial charge in [0.1, 0.15) is 5.60 Å².